The van der Waals surface area contributed by atoms with E-state index in [0.29, 0.717) is 49.6 Å². The number of benzene rings is 2. The minimum Gasteiger partial charge on any atom is -0.356 e. The molecule has 2 N–H and O–H groups in total. The summed E-state index contributed by atoms with van der Waals surface area (Å²) in [6, 6.07) is 14.5. The maximum absolute atomic E-state index is 12.8. The first kappa shape index (κ1) is 23.8. The number of hydrogen-bond donors (Lipinski definition) is 2. The molecule has 2 aromatic rings. The Morgan fingerprint density at radius 2 is 1.62 bits per heavy atom. The quantitative estimate of drug-likeness (QED) is 0.634. The lowest BCUT2D eigenvalue weighted by molar-refractivity contribution is -0.126. The molecular weight excluding hydrogens is 426 g/mol. The van der Waals surface area contributed by atoms with Crippen molar-refractivity contribution in [1.82, 2.24) is 10.2 Å². The first-order valence-corrected chi connectivity index (χ1v) is 12.5. The van der Waals surface area contributed by atoms with Crippen LogP contribution in [0.1, 0.15) is 43.5 Å². The molecule has 8 heteroatoms. The van der Waals surface area contributed by atoms with E-state index in [2.05, 4.69) is 23.9 Å². The molecule has 1 aliphatic rings. The Hall–Kier alpha value is -2.87. The lowest BCUT2D eigenvalue weighted by Crippen LogP contribution is -2.43. The molecule has 32 heavy (non-hydrogen) atoms. The van der Waals surface area contributed by atoms with Gasteiger partial charge in [-0.1, -0.05) is 32.0 Å². The van der Waals surface area contributed by atoms with Crippen LogP contribution < -0.4 is 10.0 Å². The molecule has 0 radical (unpaired) electrons. The molecule has 172 valence electrons. The second kappa shape index (κ2) is 10.6. The van der Waals surface area contributed by atoms with Gasteiger partial charge in [0.05, 0.1) is 4.90 Å². The Kier molecular flexibility index (Phi) is 7.90. The maximum atomic E-state index is 12.8. The molecule has 0 aromatic heterocycles. The first-order chi connectivity index (χ1) is 15.3. The van der Waals surface area contributed by atoms with Crippen LogP contribution in [0.25, 0.3) is 0 Å². The highest BCUT2D eigenvalue weighted by atomic mass is 32.2. The number of hydrogen-bond acceptors (Lipinski definition) is 4. The van der Waals surface area contributed by atoms with Crippen LogP contribution in [-0.2, 0) is 14.8 Å². The van der Waals surface area contributed by atoms with Crippen molar-refractivity contribution in [2.75, 3.05) is 24.4 Å². The molecule has 0 unspecified atom stereocenters. The molecule has 0 saturated carbocycles. The summed E-state index contributed by atoms with van der Waals surface area (Å²) in [5.74, 6) is 0.463. The van der Waals surface area contributed by atoms with Crippen LogP contribution >= 0.6 is 0 Å². The largest absolute Gasteiger partial charge is 0.356 e. The molecule has 7 nitrogen and oxygen atoms in total. The maximum Gasteiger partial charge on any atom is 0.261 e. The number of nitrogens with zero attached hydrogens (tertiary/aromatic N) is 1. The van der Waals surface area contributed by atoms with Crippen molar-refractivity contribution in [2.45, 2.75) is 38.0 Å². The van der Waals surface area contributed by atoms with E-state index in [1.807, 2.05) is 0 Å². The van der Waals surface area contributed by atoms with Crippen LogP contribution in [0.5, 0.6) is 0 Å². The van der Waals surface area contributed by atoms with E-state index >= 15 is 0 Å². The van der Waals surface area contributed by atoms with Gasteiger partial charge in [0.2, 0.25) is 5.91 Å². The average Bonchev–Trinajstić information content (AvgIpc) is 2.79. The molecule has 1 heterocycles. The summed E-state index contributed by atoms with van der Waals surface area (Å²) in [6.07, 6.45) is 2.25. The molecule has 1 fully saturated rings. The third-order valence-corrected chi connectivity index (χ3v) is 7.01. The number of sulfonamides is 1. The van der Waals surface area contributed by atoms with Crippen LogP contribution in [0.15, 0.2) is 59.5 Å². The Balaban J connectivity index is 1.52. The van der Waals surface area contributed by atoms with Gasteiger partial charge in [0.25, 0.3) is 15.9 Å². The highest BCUT2D eigenvalue weighted by Crippen LogP contribution is 2.21. The molecular formula is C24H31N3O4S. The first-order valence-electron chi connectivity index (χ1n) is 11.0. The van der Waals surface area contributed by atoms with Gasteiger partial charge in [-0.15, -0.1) is 0 Å². The molecule has 1 aliphatic heterocycles. The third kappa shape index (κ3) is 6.32. The van der Waals surface area contributed by atoms with Crippen molar-refractivity contribution in [3.05, 3.63) is 60.2 Å². The predicted octanol–water partition coefficient (Wildman–Crippen LogP) is 3.50. The highest BCUT2D eigenvalue weighted by molar-refractivity contribution is 7.92. The lowest BCUT2D eigenvalue weighted by Gasteiger charge is -2.31. The van der Waals surface area contributed by atoms with Crippen molar-refractivity contribution in [2.24, 2.45) is 11.8 Å². The fourth-order valence-electron chi connectivity index (χ4n) is 3.65. The van der Waals surface area contributed by atoms with E-state index in [0.717, 1.165) is 6.42 Å². The molecule has 0 aliphatic carbocycles. The van der Waals surface area contributed by atoms with Gasteiger partial charge in [-0.05, 0) is 61.6 Å². The number of rotatable bonds is 8. The summed E-state index contributed by atoms with van der Waals surface area (Å²) < 4.78 is 27.4. The zero-order chi connectivity index (χ0) is 23.1. The number of carbonyl (C=O) groups excluding carboxylic acids is 2. The Morgan fingerprint density at radius 3 is 2.22 bits per heavy atom. The minimum atomic E-state index is -3.68. The van der Waals surface area contributed by atoms with Crippen molar-refractivity contribution >= 4 is 27.5 Å². The van der Waals surface area contributed by atoms with Crippen LogP contribution in [0.4, 0.5) is 5.69 Å². The zero-order valence-electron chi connectivity index (χ0n) is 18.6. The van der Waals surface area contributed by atoms with Gasteiger partial charge in [-0.3, -0.25) is 14.3 Å². The molecule has 0 spiro atoms. The normalized spacial score (nSPS) is 14.9. The topological polar surface area (TPSA) is 95.6 Å². The van der Waals surface area contributed by atoms with Gasteiger partial charge in [0, 0.05) is 36.8 Å². The number of anilines is 1. The second-order valence-corrected chi connectivity index (χ2v) is 10.2. The van der Waals surface area contributed by atoms with Gasteiger partial charge in [0.1, 0.15) is 0 Å². The average molecular weight is 458 g/mol. The van der Waals surface area contributed by atoms with E-state index in [9.17, 15) is 18.0 Å². The van der Waals surface area contributed by atoms with E-state index < -0.39 is 10.0 Å². The second-order valence-electron chi connectivity index (χ2n) is 8.54. The van der Waals surface area contributed by atoms with Crippen LogP contribution in [0.2, 0.25) is 0 Å². The fraction of sp³-hybridized carbons (Fsp3) is 0.417. The molecule has 2 aromatic carbocycles. The number of likely N-dealkylation sites (tertiary alicyclic amines) is 1. The van der Waals surface area contributed by atoms with Gasteiger partial charge < -0.3 is 10.2 Å². The zero-order valence-corrected chi connectivity index (χ0v) is 19.4. The number of amides is 2. The standard InChI is InChI=1S/C24H31N3O4S/c1-18(2)12-15-25-23(28)19-13-16-27(17-14-19)24(29)20-8-10-21(11-9-20)26-32(30,31)22-6-4-3-5-7-22/h3-11,18-19,26H,12-17H2,1-2H3,(H,25,28). The molecule has 3 rings (SSSR count). The van der Waals surface area contributed by atoms with Gasteiger partial charge in [0.15, 0.2) is 0 Å². The fourth-order valence-corrected chi connectivity index (χ4v) is 4.73. The van der Waals surface area contributed by atoms with Crippen molar-refractivity contribution in [3.8, 4) is 0 Å². The SMILES string of the molecule is CC(C)CCNC(=O)C1CCN(C(=O)c2ccc(NS(=O)(=O)c3ccccc3)cc2)CC1. The minimum absolute atomic E-state index is 0.0546. The Labute approximate surface area is 190 Å². The van der Waals surface area contributed by atoms with E-state index in [1.54, 1.807) is 47.4 Å². The van der Waals surface area contributed by atoms with Gasteiger partial charge in [-0.25, -0.2) is 8.42 Å². The molecule has 1 saturated heterocycles. The van der Waals surface area contributed by atoms with Crippen LogP contribution in [-0.4, -0.2) is 44.8 Å². The van der Waals surface area contributed by atoms with Crippen LogP contribution in [0, 0.1) is 11.8 Å². The molecule has 2 amide bonds. The highest BCUT2D eigenvalue weighted by Gasteiger charge is 2.27. The summed E-state index contributed by atoms with van der Waals surface area (Å²) in [7, 11) is -3.68. The Bertz CT molecular complexity index is 1010. The summed E-state index contributed by atoms with van der Waals surface area (Å²) in [5, 5.41) is 3.00. The summed E-state index contributed by atoms with van der Waals surface area (Å²) in [6.45, 7) is 6.01. The van der Waals surface area contributed by atoms with Crippen molar-refractivity contribution in [1.29, 1.82) is 0 Å². The lowest BCUT2D eigenvalue weighted by atomic mass is 9.95. The monoisotopic (exact) mass is 457 g/mol. The van der Waals surface area contributed by atoms with Crippen molar-refractivity contribution < 1.29 is 18.0 Å². The van der Waals surface area contributed by atoms with E-state index in [4.69, 9.17) is 0 Å². The van der Waals surface area contributed by atoms with E-state index in [1.165, 1.54) is 12.1 Å². The third-order valence-electron chi connectivity index (χ3n) is 5.61. The van der Waals surface area contributed by atoms with Crippen LogP contribution in [0.3, 0.4) is 0 Å². The number of carbonyl (C=O) groups is 2. The van der Waals surface area contributed by atoms with E-state index in [-0.39, 0.29) is 22.6 Å². The van der Waals surface area contributed by atoms with Gasteiger partial charge in [-0.2, -0.15) is 0 Å². The molecule has 0 bridgehead atoms. The molecule has 0 atom stereocenters. The smallest absolute Gasteiger partial charge is 0.261 e. The van der Waals surface area contributed by atoms with Crippen molar-refractivity contribution in [3.63, 3.8) is 0 Å². The summed E-state index contributed by atoms with van der Waals surface area (Å²) >= 11 is 0. The Morgan fingerprint density at radius 1 is 1.00 bits per heavy atom. The number of nitrogens with one attached hydrogen (secondary N) is 2. The summed E-state index contributed by atoms with van der Waals surface area (Å²) in [4.78, 5) is 27.1. The number of piperidine rings is 1. The predicted molar refractivity (Wildman–Crippen MR) is 125 cm³/mol. The summed E-state index contributed by atoms with van der Waals surface area (Å²) in [5.41, 5.74) is 0.884. The van der Waals surface area contributed by atoms with Gasteiger partial charge >= 0.3 is 0 Å².